The molecule has 2 atom stereocenters. The van der Waals surface area contributed by atoms with Crippen LogP contribution < -0.4 is 10.2 Å². The average Bonchev–Trinajstić information content (AvgIpc) is 3.17. The number of aryl methyl sites for hydroxylation is 1. The second-order valence-electron chi connectivity index (χ2n) is 8.35. The molecule has 1 saturated heterocycles. The number of rotatable bonds is 8. The van der Waals surface area contributed by atoms with Gasteiger partial charge >= 0.3 is 0 Å². The van der Waals surface area contributed by atoms with Gasteiger partial charge in [-0.15, -0.1) is 0 Å². The number of hydrogen-bond donors (Lipinski definition) is 1. The molecule has 0 radical (unpaired) electrons. The molecule has 2 aliphatic heterocycles. The molecule has 0 spiro atoms. The van der Waals surface area contributed by atoms with Gasteiger partial charge in [0.2, 0.25) is 5.95 Å². The van der Waals surface area contributed by atoms with Crippen LogP contribution >= 0.6 is 11.6 Å². The van der Waals surface area contributed by atoms with Gasteiger partial charge in [-0.05, 0) is 49.3 Å². The summed E-state index contributed by atoms with van der Waals surface area (Å²) in [5.74, 6) is 2.55. The molecule has 168 valence electrons. The number of nitrogens with one attached hydrogen (secondary N) is 1. The van der Waals surface area contributed by atoms with E-state index in [1.165, 1.54) is 5.56 Å². The van der Waals surface area contributed by atoms with Crippen LogP contribution in [0.3, 0.4) is 0 Å². The van der Waals surface area contributed by atoms with Gasteiger partial charge in [0, 0.05) is 50.0 Å². The van der Waals surface area contributed by atoms with Crippen molar-refractivity contribution in [3.8, 4) is 0 Å². The summed E-state index contributed by atoms with van der Waals surface area (Å²) in [5.41, 5.74) is 2.24. The zero-order valence-electron chi connectivity index (χ0n) is 18.3. The van der Waals surface area contributed by atoms with E-state index in [-0.39, 0.29) is 0 Å². The fourth-order valence-electron chi connectivity index (χ4n) is 4.28. The van der Waals surface area contributed by atoms with Crippen molar-refractivity contribution in [3.63, 3.8) is 0 Å². The summed E-state index contributed by atoms with van der Waals surface area (Å²) < 4.78 is 18.1. The summed E-state index contributed by atoms with van der Waals surface area (Å²) in [5, 5.41) is 4.32. The molecule has 3 heterocycles. The van der Waals surface area contributed by atoms with Gasteiger partial charge in [0.05, 0.1) is 16.5 Å². The Morgan fingerprint density at radius 2 is 2.00 bits per heavy atom. The van der Waals surface area contributed by atoms with E-state index in [9.17, 15) is 4.21 Å². The fraction of sp³-hybridized carbons (Fsp3) is 0.565. The van der Waals surface area contributed by atoms with Gasteiger partial charge in [0.15, 0.2) is 0 Å². The van der Waals surface area contributed by atoms with Gasteiger partial charge in [0.25, 0.3) is 0 Å². The summed E-state index contributed by atoms with van der Waals surface area (Å²) in [7, 11) is 1.02. The van der Waals surface area contributed by atoms with E-state index in [1.54, 1.807) is 0 Å². The predicted molar refractivity (Wildman–Crippen MR) is 127 cm³/mol. The lowest BCUT2D eigenvalue weighted by Crippen LogP contribution is -2.30. The van der Waals surface area contributed by atoms with E-state index in [1.807, 2.05) is 19.2 Å². The molecular weight excluding hydrogens is 432 g/mol. The molecule has 0 aliphatic carbocycles. The van der Waals surface area contributed by atoms with Crippen LogP contribution in [0.15, 0.2) is 29.2 Å². The Labute approximate surface area is 192 Å². The second-order valence-corrected chi connectivity index (χ2v) is 10.3. The van der Waals surface area contributed by atoms with Gasteiger partial charge in [-0.3, -0.25) is 4.21 Å². The molecule has 2 aromatic rings. The van der Waals surface area contributed by atoms with Crippen LogP contribution in [0.1, 0.15) is 49.8 Å². The first-order valence-corrected chi connectivity index (χ1v) is 12.8. The number of fused-ring (bicyclic) bond motifs is 1. The molecule has 8 heteroatoms. The lowest BCUT2D eigenvalue weighted by atomic mass is 9.93. The molecule has 31 heavy (non-hydrogen) atoms. The molecule has 1 fully saturated rings. The minimum absolute atomic E-state index is 0.304. The van der Waals surface area contributed by atoms with Gasteiger partial charge in [0.1, 0.15) is 10.7 Å². The molecule has 6 nitrogen and oxygen atoms in total. The Morgan fingerprint density at radius 3 is 2.71 bits per heavy atom. The highest BCUT2D eigenvalue weighted by Gasteiger charge is 2.28. The van der Waals surface area contributed by atoms with E-state index in [4.69, 9.17) is 26.3 Å². The Bertz CT molecular complexity index is 919. The number of aromatic nitrogens is 2. The minimum atomic E-state index is -1.02. The van der Waals surface area contributed by atoms with Crippen LogP contribution in [0.5, 0.6) is 0 Å². The second kappa shape index (κ2) is 10.3. The van der Waals surface area contributed by atoms with Crippen LogP contribution in [-0.2, 0) is 22.0 Å². The Morgan fingerprint density at radius 1 is 1.26 bits per heavy atom. The Hall–Kier alpha value is -1.70. The van der Waals surface area contributed by atoms with Crippen LogP contribution in [-0.4, -0.2) is 52.8 Å². The van der Waals surface area contributed by atoms with Crippen molar-refractivity contribution in [2.24, 2.45) is 0 Å². The number of benzene rings is 1. The minimum Gasteiger partial charge on any atom is -0.381 e. The third-order valence-corrected chi connectivity index (χ3v) is 7.94. The molecule has 2 unspecified atom stereocenters. The van der Waals surface area contributed by atoms with Crippen LogP contribution in [0.25, 0.3) is 0 Å². The molecule has 0 bridgehead atoms. The van der Waals surface area contributed by atoms with E-state index >= 15 is 0 Å². The number of nitrogens with zero attached hydrogens (tertiary/aromatic N) is 3. The predicted octanol–water partition coefficient (Wildman–Crippen LogP) is 4.40. The number of anilines is 2. The highest BCUT2D eigenvalue weighted by molar-refractivity contribution is 7.85. The largest absolute Gasteiger partial charge is 0.381 e. The lowest BCUT2D eigenvalue weighted by molar-refractivity contribution is 0.0903. The van der Waals surface area contributed by atoms with E-state index < -0.39 is 10.8 Å². The van der Waals surface area contributed by atoms with Crippen molar-refractivity contribution in [2.45, 2.75) is 55.9 Å². The first kappa shape index (κ1) is 22.5. The van der Waals surface area contributed by atoms with Crippen molar-refractivity contribution < 1.29 is 8.95 Å². The highest BCUT2D eigenvalue weighted by atomic mass is 35.5. The van der Waals surface area contributed by atoms with Gasteiger partial charge in [-0.2, -0.15) is 4.98 Å². The van der Waals surface area contributed by atoms with E-state index in [0.717, 1.165) is 73.3 Å². The molecule has 1 N–H and O–H groups in total. The summed E-state index contributed by atoms with van der Waals surface area (Å²) in [4.78, 5) is 12.5. The molecule has 0 amide bonds. The summed E-state index contributed by atoms with van der Waals surface area (Å²) >= 11 is 6.05. The molecular formula is C23H31ClN4O2S. The fourth-order valence-corrected chi connectivity index (χ4v) is 5.72. The van der Waals surface area contributed by atoms with Crippen LogP contribution in [0.4, 0.5) is 11.8 Å². The van der Waals surface area contributed by atoms with Crippen molar-refractivity contribution in [1.29, 1.82) is 0 Å². The SMILES string of the molecule is CCC(CCN(C)c1nc2c(c(NC3CCOCC3)n1)S(=O)CC2)c1ccc(Cl)cc1. The zero-order valence-corrected chi connectivity index (χ0v) is 19.8. The van der Waals surface area contributed by atoms with Crippen molar-refractivity contribution >= 4 is 34.2 Å². The smallest absolute Gasteiger partial charge is 0.227 e. The quantitative estimate of drug-likeness (QED) is 0.627. The van der Waals surface area contributed by atoms with Crippen LogP contribution in [0.2, 0.25) is 5.02 Å². The number of halogens is 1. The number of ether oxygens (including phenoxy) is 1. The molecule has 1 aromatic heterocycles. The Kier molecular flexibility index (Phi) is 7.46. The molecule has 2 aliphatic rings. The molecule has 1 aromatic carbocycles. The van der Waals surface area contributed by atoms with Crippen molar-refractivity contribution in [1.82, 2.24) is 9.97 Å². The maximum absolute atomic E-state index is 12.6. The summed E-state index contributed by atoms with van der Waals surface area (Å²) in [6.07, 6.45) is 4.70. The maximum Gasteiger partial charge on any atom is 0.227 e. The Balaban J connectivity index is 1.49. The first-order valence-electron chi connectivity index (χ1n) is 11.1. The standard InChI is InChI=1S/C23H31ClN4O2S/c1-3-16(17-4-6-18(24)7-5-17)8-12-28(2)23-26-20-11-15-31(29)21(20)22(27-23)25-19-9-13-30-14-10-19/h4-7,16,19H,3,8-15H2,1-2H3,(H,25,26,27). The third kappa shape index (κ3) is 5.38. The van der Waals surface area contributed by atoms with E-state index in [2.05, 4.69) is 29.3 Å². The number of hydrogen-bond acceptors (Lipinski definition) is 6. The molecule has 4 rings (SSSR count). The average molecular weight is 463 g/mol. The monoisotopic (exact) mass is 462 g/mol. The third-order valence-electron chi connectivity index (χ3n) is 6.23. The summed E-state index contributed by atoms with van der Waals surface area (Å²) in [6.45, 7) is 4.57. The van der Waals surface area contributed by atoms with Crippen molar-refractivity contribution in [3.05, 3.63) is 40.5 Å². The lowest BCUT2D eigenvalue weighted by Gasteiger charge is -2.26. The first-order chi connectivity index (χ1) is 15.0. The van der Waals surface area contributed by atoms with Gasteiger partial charge < -0.3 is 15.0 Å². The van der Waals surface area contributed by atoms with Crippen LogP contribution in [0, 0.1) is 0 Å². The van der Waals surface area contributed by atoms with E-state index in [0.29, 0.717) is 23.7 Å². The topological polar surface area (TPSA) is 67.3 Å². The van der Waals surface area contributed by atoms with Gasteiger partial charge in [-0.1, -0.05) is 30.7 Å². The highest BCUT2D eigenvalue weighted by Crippen LogP contribution is 2.31. The molecule has 0 saturated carbocycles. The van der Waals surface area contributed by atoms with Crippen molar-refractivity contribution in [2.75, 3.05) is 42.8 Å². The zero-order chi connectivity index (χ0) is 21.8. The van der Waals surface area contributed by atoms with Gasteiger partial charge in [-0.25, -0.2) is 4.98 Å². The maximum atomic E-state index is 12.6. The normalized spacial score (nSPS) is 19.8. The summed E-state index contributed by atoms with van der Waals surface area (Å²) in [6, 6.07) is 8.46.